The number of aryl methyl sites for hydroxylation is 1. The van der Waals surface area contributed by atoms with E-state index in [1.54, 1.807) is 23.5 Å². The second kappa shape index (κ2) is 5.45. The summed E-state index contributed by atoms with van der Waals surface area (Å²) in [6, 6.07) is 5.46. The molecule has 24 heavy (non-hydrogen) atoms. The molecule has 2 aromatic heterocycles. The van der Waals surface area contributed by atoms with Gasteiger partial charge in [0.15, 0.2) is 0 Å². The van der Waals surface area contributed by atoms with Gasteiger partial charge in [-0.15, -0.1) is 0 Å². The molecule has 0 radical (unpaired) electrons. The Balaban J connectivity index is 1.51. The molecule has 0 unspecified atom stereocenters. The maximum atomic E-state index is 12.7. The fourth-order valence-corrected chi connectivity index (χ4v) is 3.37. The zero-order valence-corrected chi connectivity index (χ0v) is 13.4. The number of rotatable bonds is 2. The van der Waals surface area contributed by atoms with Gasteiger partial charge in [0.05, 0.1) is 17.4 Å². The highest BCUT2D eigenvalue weighted by atomic mass is 16.3. The summed E-state index contributed by atoms with van der Waals surface area (Å²) in [5.41, 5.74) is 1.36. The third-order valence-electron chi connectivity index (χ3n) is 4.78. The Labute approximate surface area is 139 Å². The molecule has 124 valence electrons. The maximum absolute atomic E-state index is 12.7. The molecule has 7 nitrogen and oxygen atoms in total. The fraction of sp³-hybridized carbons (Fsp3) is 0.353. The van der Waals surface area contributed by atoms with E-state index in [0.29, 0.717) is 37.3 Å². The number of H-pyrrole nitrogens is 1. The first-order chi connectivity index (χ1) is 11.6. The second-order valence-corrected chi connectivity index (χ2v) is 6.32. The molecule has 3 aromatic rings. The van der Waals surface area contributed by atoms with Crippen molar-refractivity contribution in [2.45, 2.75) is 18.4 Å². The Hall–Kier alpha value is -2.67. The fourth-order valence-electron chi connectivity index (χ4n) is 3.37. The number of likely N-dealkylation sites (tertiary alicyclic amines) is 1. The van der Waals surface area contributed by atoms with Crippen LogP contribution in [0.2, 0.25) is 0 Å². The van der Waals surface area contributed by atoms with Gasteiger partial charge in [-0.3, -0.25) is 4.79 Å². The quantitative estimate of drug-likeness (QED) is 0.746. The number of fused-ring (bicyclic) bond motifs is 1. The van der Waals surface area contributed by atoms with Crippen molar-refractivity contribution in [1.82, 2.24) is 24.4 Å². The number of nitrogens with one attached hydrogen (secondary N) is 1. The van der Waals surface area contributed by atoms with Crippen LogP contribution in [0.3, 0.4) is 0 Å². The molecule has 3 heterocycles. The summed E-state index contributed by atoms with van der Waals surface area (Å²) in [4.78, 5) is 26.0. The summed E-state index contributed by atoms with van der Waals surface area (Å²) in [5.74, 6) is 0.641. The summed E-state index contributed by atoms with van der Waals surface area (Å²) in [6.45, 7) is 1.01. The lowest BCUT2D eigenvalue weighted by molar-refractivity contribution is -0.0297. The molecule has 0 atom stereocenters. The highest BCUT2D eigenvalue weighted by Crippen LogP contribution is 2.32. The van der Waals surface area contributed by atoms with Crippen LogP contribution in [-0.2, 0) is 12.6 Å². The predicted molar refractivity (Wildman–Crippen MR) is 88.3 cm³/mol. The molecule has 0 aliphatic carbocycles. The van der Waals surface area contributed by atoms with Gasteiger partial charge in [0.1, 0.15) is 11.4 Å². The topological polar surface area (TPSA) is 87.0 Å². The van der Waals surface area contributed by atoms with Crippen LogP contribution in [-0.4, -0.2) is 48.5 Å². The number of aromatic amines is 1. The average Bonchev–Trinajstić information content (AvgIpc) is 3.23. The lowest BCUT2D eigenvalue weighted by Crippen LogP contribution is -2.46. The normalized spacial score (nSPS) is 17.3. The molecule has 0 spiro atoms. The van der Waals surface area contributed by atoms with Crippen molar-refractivity contribution in [3.05, 3.63) is 48.3 Å². The number of amides is 1. The Morgan fingerprint density at radius 2 is 2.08 bits per heavy atom. The smallest absolute Gasteiger partial charge is 0.253 e. The van der Waals surface area contributed by atoms with Crippen molar-refractivity contribution in [3.63, 3.8) is 0 Å². The van der Waals surface area contributed by atoms with E-state index in [-0.39, 0.29) is 5.91 Å². The average molecular weight is 325 g/mol. The minimum Gasteiger partial charge on any atom is -0.382 e. The summed E-state index contributed by atoms with van der Waals surface area (Å²) in [5, 5.41) is 10.9. The molecule has 4 rings (SSSR count). The molecule has 1 fully saturated rings. The maximum Gasteiger partial charge on any atom is 0.253 e. The molecule has 7 heteroatoms. The monoisotopic (exact) mass is 325 g/mol. The highest BCUT2D eigenvalue weighted by molar-refractivity contribution is 5.97. The number of benzene rings is 1. The van der Waals surface area contributed by atoms with Gasteiger partial charge in [-0.2, -0.15) is 0 Å². The van der Waals surface area contributed by atoms with E-state index < -0.39 is 5.60 Å². The summed E-state index contributed by atoms with van der Waals surface area (Å²) < 4.78 is 1.84. The third kappa shape index (κ3) is 2.37. The van der Waals surface area contributed by atoms with Crippen molar-refractivity contribution in [2.24, 2.45) is 7.05 Å². The first kappa shape index (κ1) is 14.9. The summed E-state index contributed by atoms with van der Waals surface area (Å²) >= 11 is 0. The number of aromatic nitrogens is 4. The molecule has 1 aliphatic heterocycles. The number of hydrogen-bond acceptors (Lipinski definition) is 4. The van der Waals surface area contributed by atoms with Crippen molar-refractivity contribution in [3.8, 4) is 0 Å². The first-order valence-electron chi connectivity index (χ1n) is 7.99. The third-order valence-corrected chi connectivity index (χ3v) is 4.78. The SMILES string of the molecule is Cn1ccnc1C1(O)CCN(C(=O)c2ccc3nc[nH]c3c2)CC1. The molecule has 1 amide bonds. The Morgan fingerprint density at radius 3 is 2.79 bits per heavy atom. The van der Waals surface area contributed by atoms with Crippen LogP contribution in [0, 0.1) is 0 Å². The molecular formula is C17H19N5O2. The van der Waals surface area contributed by atoms with Gasteiger partial charge in [0.25, 0.3) is 5.91 Å². The Kier molecular flexibility index (Phi) is 3.38. The number of imidazole rings is 2. The van der Waals surface area contributed by atoms with E-state index >= 15 is 0 Å². The van der Waals surface area contributed by atoms with Crippen LogP contribution in [0.5, 0.6) is 0 Å². The van der Waals surface area contributed by atoms with Crippen LogP contribution in [0.4, 0.5) is 0 Å². The molecule has 1 aromatic carbocycles. The Morgan fingerprint density at radius 1 is 1.29 bits per heavy atom. The molecule has 2 N–H and O–H groups in total. The second-order valence-electron chi connectivity index (χ2n) is 6.32. The van der Waals surface area contributed by atoms with E-state index in [0.717, 1.165) is 11.0 Å². The van der Waals surface area contributed by atoms with Gasteiger partial charge < -0.3 is 19.6 Å². The summed E-state index contributed by atoms with van der Waals surface area (Å²) in [6.07, 6.45) is 6.09. The lowest BCUT2D eigenvalue weighted by atomic mass is 9.90. The standard InChI is InChI=1S/C17H19N5O2/c1-21-9-6-18-16(21)17(24)4-7-22(8-5-17)15(23)12-2-3-13-14(10-12)20-11-19-13/h2-3,6,9-11,24H,4-5,7-8H2,1H3,(H,19,20). The van der Waals surface area contributed by atoms with Crippen molar-refractivity contribution in [2.75, 3.05) is 13.1 Å². The zero-order valence-electron chi connectivity index (χ0n) is 13.4. The van der Waals surface area contributed by atoms with Gasteiger partial charge in [-0.1, -0.05) is 0 Å². The van der Waals surface area contributed by atoms with Crippen LogP contribution in [0.25, 0.3) is 11.0 Å². The van der Waals surface area contributed by atoms with Crippen molar-refractivity contribution >= 4 is 16.9 Å². The number of carbonyl (C=O) groups excluding carboxylic acids is 1. The van der Waals surface area contributed by atoms with Gasteiger partial charge in [-0.05, 0) is 18.2 Å². The number of piperidine rings is 1. The van der Waals surface area contributed by atoms with Crippen LogP contribution in [0.1, 0.15) is 29.0 Å². The predicted octanol–water partition coefficient (Wildman–Crippen LogP) is 1.42. The van der Waals surface area contributed by atoms with Crippen LogP contribution in [0.15, 0.2) is 36.9 Å². The van der Waals surface area contributed by atoms with E-state index in [9.17, 15) is 9.90 Å². The molecule has 1 saturated heterocycles. The zero-order chi connectivity index (χ0) is 16.7. The van der Waals surface area contributed by atoms with Crippen LogP contribution >= 0.6 is 0 Å². The van der Waals surface area contributed by atoms with Gasteiger partial charge in [-0.25, -0.2) is 9.97 Å². The van der Waals surface area contributed by atoms with E-state index in [2.05, 4.69) is 15.0 Å². The van der Waals surface area contributed by atoms with Crippen LogP contribution < -0.4 is 0 Å². The van der Waals surface area contributed by atoms with Gasteiger partial charge >= 0.3 is 0 Å². The van der Waals surface area contributed by atoms with Crippen molar-refractivity contribution < 1.29 is 9.90 Å². The van der Waals surface area contributed by atoms with Crippen molar-refractivity contribution in [1.29, 1.82) is 0 Å². The highest BCUT2D eigenvalue weighted by Gasteiger charge is 2.38. The molecule has 0 saturated carbocycles. The Bertz CT molecular complexity index is 889. The number of carbonyl (C=O) groups is 1. The van der Waals surface area contributed by atoms with E-state index in [4.69, 9.17) is 0 Å². The van der Waals surface area contributed by atoms with Gasteiger partial charge in [0, 0.05) is 50.9 Å². The van der Waals surface area contributed by atoms with Gasteiger partial charge in [0.2, 0.25) is 0 Å². The minimum absolute atomic E-state index is 0.0200. The number of nitrogens with zero attached hydrogens (tertiary/aromatic N) is 4. The minimum atomic E-state index is -0.970. The van der Waals surface area contributed by atoms with E-state index in [1.165, 1.54) is 0 Å². The molecule has 0 bridgehead atoms. The largest absolute Gasteiger partial charge is 0.382 e. The first-order valence-corrected chi connectivity index (χ1v) is 7.99. The van der Waals surface area contributed by atoms with E-state index in [1.807, 2.05) is 29.9 Å². The lowest BCUT2D eigenvalue weighted by Gasteiger charge is -2.37. The summed E-state index contributed by atoms with van der Waals surface area (Å²) in [7, 11) is 1.87. The number of aliphatic hydroxyl groups is 1. The number of hydrogen-bond donors (Lipinski definition) is 2. The molecule has 1 aliphatic rings. The molecular weight excluding hydrogens is 306 g/mol.